The molecule has 0 bridgehead atoms. The Balaban J connectivity index is 1.41. The normalized spacial score (nSPS) is 16.5. The van der Waals surface area contributed by atoms with Crippen molar-refractivity contribution in [2.24, 2.45) is 0 Å². The zero-order valence-corrected chi connectivity index (χ0v) is 15.9. The molecule has 1 N–H and O–H groups in total. The number of piperazine rings is 1. The number of aryl methyl sites for hydroxylation is 2. The number of rotatable bonds is 6. The predicted octanol–water partition coefficient (Wildman–Crippen LogP) is 2.33. The van der Waals surface area contributed by atoms with Crippen LogP contribution in [0.5, 0.6) is 0 Å². The van der Waals surface area contributed by atoms with E-state index in [0.29, 0.717) is 6.54 Å². The van der Waals surface area contributed by atoms with Crippen molar-refractivity contribution in [3.8, 4) is 0 Å². The van der Waals surface area contributed by atoms with Crippen LogP contribution in [0.25, 0.3) is 0 Å². The second-order valence-electron chi connectivity index (χ2n) is 6.91. The van der Waals surface area contributed by atoms with Gasteiger partial charge >= 0.3 is 0 Å². The number of amides is 1. The summed E-state index contributed by atoms with van der Waals surface area (Å²) in [5.74, 6) is 0.515. The number of nitrogens with zero attached hydrogens (tertiary/aromatic N) is 3. The molecule has 6 nitrogen and oxygen atoms in total. The van der Waals surface area contributed by atoms with Crippen LogP contribution in [0.15, 0.2) is 34.9 Å². The van der Waals surface area contributed by atoms with Crippen LogP contribution in [0.2, 0.25) is 0 Å². The lowest BCUT2D eigenvalue weighted by Gasteiger charge is -2.36. The maximum atomic E-state index is 12.4. The monoisotopic (exact) mass is 356 g/mol. The average molecular weight is 356 g/mol. The fourth-order valence-corrected chi connectivity index (χ4v) is 3.60. The molecular weight excluding hydrogens is 328 g/mol. The molecule has 26 heavy (non-hydrogen) atoms. The fourth-order valence-electron chi connectivity index (χ4n) is 3.60. The topological polar surface area (TPSA) is 61.6 Å². The summed E-state index contributed by atoms with van der Waals surface area (Å²) in [6.07, 6.45) is 0. The lowest BCUT2D eigenvalue weighted by Crippen LogP contribution is -2.48. The molecule has 1 aromatic carbocycles. The van der Waals surface area contributed by atoms with Crippen molar-refractivity contribution < 1.29 is 9.32 Å². The van der Waals surface area contributed by atoms with Gasteiger partial charge in [-0.25, -0.2) is 0 Å². The van der Waals surface area contributed by atoms with Gasteiger partial charge in [-0.1, -0.05) is 23.4 Å². The number of hydrogen-bond acceptors (Lipinski definition) is 5. The van der Waals surface area contributed by atoms with Crippen LogP contribution in [0.3, 0.4) is 0 Å². The molecule has 2 heterocycles. The number of nitrogens with one attached hydrogen (secondary N) is 1. The minimum atomic E-state index is -0.240. The molecule has 1 amide bonds. The van der Waals surface area contributed by atoms with Crippen molar-refractivity contribution in [3.05, 3.63) is 47.3 Å². The summed E-state index contributed by atoms with van der Waals surface area (Å²) in [5.41, 5.74) is 2.98. The highest BCUT2D eigenvalue weighted by molar-refractivity contribution is 5.83. The van der Waals surface area contributed by atoms with E-state index in [1.54, 1.807) is 0 Å². The Labute approximate surface area is 155 Å². The molecule has 0 radical (unpaired) electrons. The first-order valence-electron chi connectivity index (χ1n) is 9.29. The van der Waals surface area contributed by atoms with Gasteiger partial charge in [-0.3, -0.25) is 9.69 Å². The first-order chi connectivity index (χ1) is 12.6. The Hall–Kier alpha value is -2.34. The van der Waals surface area contributed by atoms with E-state index in [1.807, 2.05) is 26.8 Å². The van der Waals surface area contributed by atoms with Crippen LogP contribution < -0.4 is 10.2 Å². The third-order valence-electron chi connectivity index (χ3n) is 5.14. The van der Waals surface area contributed by atoms with E-state index in [1.165, 1.54) is 5.69 Å². The quantitative estimate of drug-likeness (QED) is 0.861. The van der Waals surface area contributed by atoms with E-state index in [4.69, 9.17) is 4.52 Å². The maximum absolute atomic E-state index is 12.4. The third kappa shape index (κ3) is 4.25. The number of hydrogen-bond donors (Lipinski definition) is 1. The molecule has 0 saturated carbocycles. The molecule has 1 atom stereocenters. The van der Waals surface area contributed by atoms with Crippen LogP contribution in [-0.2, 0) is 4.79 Å². The van der Waals surface area contributed by atoms with Crippen LogP contribution in [0.4, 0.5) is 5.69 Å². The molecule has 1 aromatic heterocycles. The van der Waals surface area contributed by atoms with Crippen LogP contribution >= 0.6 is 0 Å². The fraction of sp³-hybridized carbons (Fsp3) is 0.500. The highest BCUT2D eigenvalue weighted by Crippen LogP contribution is 2.23. The molecule has 1 fully saturated rings. The third-order valence-corrected chi connectivity index (χ3v) is 5.14. The number of anilines is 1. The Morgan fingerprint density at radius 3 is 2.50 bits per heavy atom. The molecule has 0 aliphatic carbocycles. The van der Waals surface area contributed by atoms with Crippen LogP contribution in [-0.4, -0.2) is 55.2 Å². The number of aromatic nitrogens is 1. The van der Waals surface area contributed by atoms with Crippen molar-refractivity contribution >= 4 is 11.6 Å². The van der Waals surface area contributed by atoms with Gasteiger partial charge in [0.2, 0.25) is 5.91 Å². The summed E-state index contributed by atoms with van der Waals surface area (Å²) in [7, 11) is 0. The van der Waals surface area contributed by atoms with E-state index in [9.17, 15) is 4.79 Å². The molecule has 0 spiro atoms. The first kappa shape index (κ1) is 18.5. The van der Waals surface area contributed by atoms with E-state index >= 15 is 0 Å². The first-order valence-corrected chi connectivity index (χ1v) is 9.29. The molecule has 1 aliphatic heterocycles. The van der Waals surface area contributed by atoms with Crippen LogP contribution in [0.1, 0.15) is 29.9 Å². The van der Waals surface area contributed by atoms with Gasteiger partial charge in [-0.05, 0) is 32.9 Å². The SMILES string of the molecule is Cc1noc(C)c1C(C)C(=O)NCCN1CCN(c2ccccc2)CC1. The second-order valence-corrected chi connectivity index (χ2v) is 6.91. The van der Waals surface area contributed by atoms with Crippen LogP contribution in [0, 0.1) is 13.8 Å². The minimum absolute atomic E-state index is 0.0299. The highest BCUT2D eigenvalue weighted by Gasteiger charge is 2.23. The summed E-state index contributed by atoms with van der Waals surface area (Å²) >= 11 is 0. The zero-order valence-electron chi connectivity index (χ0n) is 15.9. The Morgan fingerprint density at radius 1 is 1.19 bits per heavy atom. The summed E-state index contributed by atoms with van der Waals surface area (Å²) in [4.78, 5) is 17.2. The number of carbonyl (C=O) groups is 1. The molecule has 140 valence electrons. The van der Waals surface area contributed by atoms with Gasteiger partial charge < -0.3 is 14.7 Å². The van der Waals surface area contributed by atoms with Gasteiger partial charge in [0.25, 0.3) is 0 Å². The van der Waals surface area contributed by atoms with E-state index in [2.05, 4.69) is 44.5 Å². The Kier molecular flexibility index (Phi) is 5.93. The van der Waals surface area contributed by atoms with Gasteiger partial charge in [0, 0.05) is 50.5 Å². The molecular formula is C20H28N4O2. The molecule has 3 rings (SSSR count). The van der Waals surface area contributed by atoms with Gasteiger partial charge in [0.05, 0.1) is 11.6 Å². The number of para-hydroxylation sites is 1. The van der Waals surface area contributed by atoms with Crippen molar-refractivity contribution in [2.75, 3.05) is 44.2 Å². The summed E-state index contributed by atoms with van der Waals surface area (Å²) < 4.78 is 5.17. The molecule has 2 aromatic rings. The lowest BCUT2D eigenvalue weighted by molar-refractivity contribution is -0.122. The van der Waals surface area contributed by atoms with Gasteiger partial charge in [0.1, 0.15) is 5.76 Å². The van der Waals surface area contributed by atoms with Gasteiger partial charge in [0.15, 0.2) is 0 Å². The number of benzene rings is 1. The largest absolute Gasteiger partial charge is 0.369 e. The van der Waals surface area contributed by atoms with Crippen molar-refractivity contribution in [1.82, 2.24) is 15.4 Å². The zero-order chi connectivity index (χ0) is 18.5. The smallest absolute Gasteiger partial charge is 0.227 e. The second kappa shape index (κ2) is 8.36. The minimum Gasteiger partial charge on any atom is -0.369 e. The van der Waals surface area contributed by atoms with Gasteiger partial charge in [-0.2, -0.15) is 0 Å². The Bertz CT molecular complexity index is 701. The van der Waals surface area contributed by atoms with Gasteiger partial charge in [-0.15, -0.1) is 0 Å². The predicted molar refractivity (Wildman–Crippen MR) is 102 cm³/mol. The van der Waals surface area contributed by atoms with E-state index in [-0.39, 0.29) is 11.8 Å². The van der Waals surface area contributed by atoms with Crippen molar-refractivity contribution in [2.45, 2.75) is 26.7 Å². The van der Waals surface area contributed by atoms with E-state index in [0.717, 1.165) is 49.7 Å². The standard InChI is InChI=1S/C20H28N4O2/c1-15(19-16(2)22-26-17(19)3)20(25)21-9-10-23-11-13-24(14-12-23)18-7-5-4-6-8-18/h4-8,15H,9-14H2,1-3H3,(H,21,25). The molecule has 1 saturated heterocycles. The van der Waals surface area contributed by atoms with Crippen molar-refractivity contribution in [1.29, 1.82) is 0 Å². The average Bonchev–Trinajstić information content (AvgIpc) is 3.00. The molecule has 1 unspecified atom stereocenters. The van der Waals surface area contributed by atoms with E-state index < -0.39 is 0 Å². The lowest BCUT2D eigenvalue weighted by atomic mass is 9.99. The molecule has 6 heteroatoms. The Morgan fingerprint density at radius 2 is 1.88 bits per heavy atom. The highest BCUT2D eigenvalue weighted by atomic mass is 16.5. The number of carbonyl (C=O) groups excluding carboxylic acids is 1. The summed E-state index contributed by atoms with van der Waals surface area (Å²) in [6, 6.07) is 10.5. The maximum Gasteiger partial charge on any atom is 0.227 e. The molecule has 1 aliphatic rings. The summed E-state index contributed by atoms with van der Waals surface area (Å²) in [5, 5.41) is 6.99. The van der Waals surface area contributed by atoms with Crippen molar-refractivity contribution in [3.63, 3.8) is 0 Å². The summed E-state index contributed by atoms with van der Waals surface area (Å²) in [6.45, 7) is 11.3.